The van der Waals surface area contributed by atoms with Gasteiger partial charge >= 0.3 is 0 Å². The summed E-state index contributed by atoms with van der Waals surface area (Å²) in [5, 5.41) is 11.9. The van der Waals surface area contributed by atoms with Crippen LogP contribution in [0, 0.1) is 5.41 Å². The summed E-state index contributed by atoms with van der Waals surface area (Å²) < 4.78 is 0. The van der Waals surface area contributed by atoms with Gasteiger partial charge in [-0.05, 0) is 19.1 Å². The Hall–Kier alpha value is -0.220. The highest BCUT2D eigenvalue weighted by Crippen LogP contribution is 2.14. The first-order valence-corrected chi connectivity index (χ1v) is 4.60. The molecule has 0 aliphatic heterocycles. The van der Waals surface area contributed by atoms with Gasteiger partial charge in [-0.2, -0.15) is 0 Å². The van der Waals surface area contributed by atoms with Crippen molar-refractivity contribution in [1.29, 1.82) is 0 Å². The van der Waals surface area contributed by atoms with Gasteiger partial charge in [-0.15, -0.1) is 0 Å². The third kappa shape index (κ3) is 3.97. The Kier molecular flexibility index (Phi) is 4.06. The van der Waals surface area contributed by atoms with Crippen LogP contribution in [-0.4, -0.2) is 21.2 Å². The second-order valence-corrected chi connectivity index (χ2v) is 4.61. The normalized spacial score (nSPS) is 13.7. The standard InChI is InChI=1S/C8H15NOS2/c1-5(6(10)11)9-7(12)8(2,3)4/h5H,1-4H3,(H,9,12)(H,10,11). The SMILES string of the molecule is CC(NC(=S)C(C)(C)C)C(O)=S. The molecule has 1 unspecified atom stereocenters. The van der Waals surface area contributed by atoms with Crippen molar-refractivity contribution in [2.75, 3.05) is 0 Å². The summed E-state index contributed by atoms with van der Waals surface area (Å²) in [6.07, 6.45) is 0. The third-order valence-electron chi connectivity index (χ3n) is 1.40. The van der Waals surface area contributed by atoms with Gasteiger partial charge in [0.1, 0.15) is 0 Å². The maximum Gasteiger partial charge on any atom is 0.179 e. The summed E-state index contributed by atoms with van der Waals surface area (Å²) in [6.45, 7) is 7.81. The molecule has 2 N–H and O–H groups in total. The fourth-order valence-corrected chi connectivity index (χ4v) is 0.711. The van der Waals surface area contributed by atoms with Crippen molar-refractivity contribution in [3.63, 3.8) is 0 Å². The average Bonchev–Trinajstić information content (AvgIpc) is 1.85. The Bertz CT molecular complexity index is 196. The van der Waals surface area contributed by atoms with Crippen LogP contribution in [-0.2, 0) is 0 Å². The van der Waals surface area contributed by atoms with Crippen LogP contribution in [0.2, 0.25) is 0 Å². The molecular formula is C8H15NOS2. The summed E-state index contributed by atoms with van der Waals surface area (Å²) >= 11 is 9.70. The summed E-state index contributed by atoms with van der Waals surface area (Å²) in [7, 11) is 0. The Balaban J connectivity index is 4.11. The van der Waals surface area contributed by atoms with Gasteiger partial charge in [0, 0.05) is 5.41 Å². The van der Waals surface area contributed by atoms with E-state index in [0.717, 1.165) is 0 Å². The zero-order valence-corrected chi connectivity index (χ0v) is 9.47. The van der Waals surface area contributed by atoms with Crippen LogP contribution >= 0.6 is 24.4 Å². The zero-order valence-electron chi connectivity index (χ0n) is 7.84. The van der Waals surface area contributed by atoms with Crippen LogP contribution in [0.15, 0.2) is 0 Å². The summed E-state index contributed by atoms with van der Waals surface area (Å²) in [4.78, 5) is 0.714. The van der Waals surface area contributed by atoms with Crippen LogP contribution in [0.4, 0.5) is 0 Å². The highest BCUT2D eigenvalue weighted by molar-refractivity contribution is 7.80. The molecule has 0 aromatic rings. The van der Waals surface area contributed by atoms with Gasteiger partial charge in [0.25, 0.3) is 0 Å². The number of hydrogen-bond acceptors (Lipinski definition) is 2. The second kappa shape index (κ2) is 4.14. The molecule has 0 heterocycles. The smallest absolute Gasteiger partial charge is 0.179 e. The lowest BCUT2D eigenvalue weighted by molar-refractivity contribution is 0.516. The Morgan fingerprint density at radius 3 is 2.00 bits per heavy atom. The van der Waals surface area contributed by atoms with E-state index in [9.17, 15) is 0 Å². The molecule has 0 aromatic heterocycles. The molecule has 0 saturated heterocycles. The van der Waals surface area contributed by atoms with Crippen molar-refractivity contribution >= 4 is 34.5 Å². The number of rotatable bonds is 2. The van der Waals surface area contributed by atoms with Crippen molar-refractivity contribution in [2.24, 2.45) is 5.41 Å². The van der Waals surface area contributed by atoms with E-state index in [1.165, 1.54) is 0 Å². The van der Waals surface area contributed by atoms with Gasteiger partial charge in [0.05, 0.1) is 11.0 Å². The van der Waals surface area contributed by atoms with Crippen LogP contribution in [0.5, 0.6) is 0 Å². The fraction of sp³-hybridized carbons (Fsp3) is 0.750. The Morgan fingerprint density at radius 1 is 1.33 bits per heavy atom. The van der Waals surface area contributed by atoms with Crippen molar-refractivity contribution in [2.45, 2.75) is 33.7 Å². The molecule has 0 amide bonds. The van der Waals surface area contributed by atoms with E-state index < -0.39 is 0 Å². The maximum atomic E-state index is 8.94. The lowest BCUT2D eigenvalue weighted by Crippen LogP contribution is -2.42. The number of aliphatic hydroxyl groups excluding tert-OH is 1. The molecule has 0 spiro atoms. The molecule has 70 valence electrons. The second-order valence-electron chi connectivity index (χ2n) is 3.78. The highest BCUT2D eigenvalue weighted by Gasteiger charge is 2.19. The van der Waals surface area contributed by atoms with Crippen molar-refractivity contribution in [3.8, 4) is 0 Å². The summed E-state index contributed by atoms with van der Waals surface area (Å²) in [5.41, 5.74) is -0.0750. The lowest BCUT2D eigenvalue weighted by atomic mass is 9.96. The summed E-state index contributed by atoms with van der Waals surface area (Å²) in [5.74, 6) is 0. The third-order valence-corrected chi connectivity index (χ3v) is 2.48. The summed E-state index contributed by atoms with van der Waals surface area (Å²) in [6, 6.07) is -0.244. The van der Waals surface area contributed by atoms with E-state index in [4.69, 9.17) is 17.3 Å². The first-order valence-electron chi connectivity index (χ1n) is 3.79. The van der Waals surface area contributed by atoms with Crippen LogP contribution in [0.1, 0.15) is 27.7 Å². The topological polar surface area (TPSA) is 32.3 Å². The van der Waals surface area contributed by atoms with Crippen LogP contribution < -0.4 is 5.32 Å². The van der Waals surface area contributed by atoms with E-state index >= 15 is 0 Å². The first kappa shape index (κ1) is 11.8. The molecule has 0 aromatic carbocycles. The van der Waals surface area contributed by atoms with Gasteiger partial charge < -0.3 is 10.4 Å². The van der Waals surface area contributed by atoms with Crippen molar-refractivity contribution in [1.82, 2.24) is 5.32 Å². The van der Waals surface area contributed by atoms with E-state index in [1.54, 1.807) is 6.92 Å². The number of nitrogens with one attached hydrogen (secondary N) is 1. The predicted molar refractivity (Wildman–Crippen MR) is 59.9 cm³/mol. The number of aliphatic hydroxyl groups is 1. The number of thiocarbonyl (C=S) groups is 2. The molecule has 0 aliphatic carbocycles. The molecule has 0 radical (unpaired) electrons. The maximum absolute atomic E-state index is 8.94. The van der Waals surface area contributed by atoms with Gasteiger partial charge in [-0.3, -0.25) is 0 Å². The van der Waals surface area contributed by atoms with Gasteiger partial charge in [0.2, 0.25) is 0 Å². The Morgan fingerprint density at radius 2 is 1.75 bits per heavy atom. The zero-order chi connectivity index (χ0) is 9.94. The molecule has 2 nitrogen and oxygen atoms in total. The average molecular weight is 205 g/mol. The highest BCUT2D eigenvalue weighted by atomic mass is 32.1. The monoisotopic (exact) mass is 205 g/mol. The Labute approximate surface area is 84.4 Å². The van der Waals surface area contributed by atoms with Crippen LogP contribution in [0.25, 0.3) is 0 Å². The molecule has 1 atom stereocenters. The predicted octanol–water partition coefficient (Wildman–Crippen LogP) is 2.22. The van der Waals surface area contributed by atoms with E-state index in [-0.39, 0.29) is 16.5 Å². The molecule has 0 saturated carbocycles. The quantitative estimate of drug-likeness (QED) is 0.677. The molecule has 4 heteroatoms. The molecule has 12 heavy (non-hydrogen) atoms. The minimum Gasteiger partial charge on any atom is -0.501 e. The largest absolute Gasteiger partial charge is 0.501 e. The molecule has 0 fully saturated rings. The molecular weight excluding hydrogens is 190 g/mol. The van der Waals surface area contributed by atoms with E-state index in [1.807, 2.05) is 20.8 Å². The molecule has 0 aliphatic rings. The van der Waals surface area contributed by atoms with Gasteiger partial charge in [0.15, 0.2) is 5.05 Å². The fourth-order valence-electron chi connectivity index (χ4n) is 0.475. The van der Waals surface area contributed by atoms with Crippen molar-refractivity contribution in [3.05, 3.63) is 0 Å². The van der Waals surface area contributed by atoms with Crippen LogP contribution in [0.3, 0.4) is 0 Å². The van der Waals surface area contributed by atoms with E-state index in [0.29, 0.717) is 4.99 Å². The van der Waals surface area contributed by atoms with Gasteiger partial charge in [-0.25, -0.2) is 0 Å². The van der Waals surface area contributed by atoms with E-state index in [2.05, 4.69) is 17.5 Å². The minimum atomic E-state index is -0.244. The van der Waals surface area contributed by atoms with Gasteiger partial charge in [-0.1, -0.05) is 33.0 Å². The molecule has 0 bridgehead atoms. The number of hydrogen-bond donors (Lipinski definition) is 2. The minimum absolute atomic E-state index is 0.0541. The molecule has 0 rings (SSSR count). The lowest BCUT2D eigenvalue weighted by Gasteiger charge is -2.23. The van der Waals surface area contributed by atoms with Crippen molar-refractivity contribution < 1.29 is 5.11 Å². The first-order chi connectivity index (χ1) is 5.25.